The number of nitrogens with zero attached hydrogens (tertiary/aromatic N) is 3. The second kappa shape index (κ2) is 3.69. The summed E-state index contributed by atoms with van der Waals surface area (Å²) in [5.41, 5.74) is 0.166. The first-order valence-corrected chi connectivity index (χ1v) is 5.48. The maximum Gasteiger partial charge on any atom is 0.272 e. The second-order valence-electron chi connectivity index (χ2n) is 4.03. The van der Waals surface area contributed by atoms with Crippen molar-refractivity contribution in [2.75, 3.05) is 13.1 Å². The summed E-state index contributed by atoms with van der Waals surface area (Å²) in [6.45, 7) is 1.47. The Morgan fingerprint density at radius 2 is 2.12 bits per heavy atom. The van der Waals surface area contributed by atoms with E-state index < -0.39 is 0 Å². The topological polar surface area (TPSA) is 94.7 Å². The second-order valence-corrected chi connectivity index (χ2v) is 4.03. The number of hydrogen-bond donors (Lipinski definition) is 2. The molecule has 0 unspecified atom stereocenters. The van der Waals surface area contributed by atoms with Gasteiger partial charge in [-0.1, -0.05) is 0 Å². The Labute approximate surface area is 95.9 Å². The predicted molar refractivity (Wildman–Crippen MR) is 59.6 cm³/mol. The normalized spacial score (nSPS) is 15.6. The van der Waals surface area contributed by atoms with Crippen LogP contribution in [0, 0.1) is 0 Å². The van der Waals surface area contributed by atoms with Crippen molar-refractivity contribution in [2.24, 2.45) is 0 Å². The largest absolute Gasteiger partial charge is 0.337 e. The highest BCUT2D eigenvalue weighted by Gasteiger charge is 2.24. The predicted octanol–water partition coefficient (Wildman–Crippen LogP) is -0.118. The number of nitrogens with one attached hydrogen (secondary N) is 2. The number of carbonyl (C=O) groups excluding carboxylic acids is 1. The molecule has 3 rings (SSSR count). The van der Waals surface area contributed by atoms with Gasteiger partial charge >= 0.3 is 0 Å². The molecule has 7 heteroatoms. The number of hydrogen-bond acceptors (Lipinski definition) is 4. The zero-order chi connectivity index (χ0) is 11.8. The van der Waals surface area contributed by atoms with E-state index in [1.807, 2.05) is 0 Å². The molecule has 2 N–H and O–H groups in total. The monoisotopic (exact) mass is 233 g/mol. The van der Waals surface area contributed by atoms with Crippen LogP contribution < -0.4 is 5.56 Å². The van der Waals surface area contributed by atoms with Gasteiger partial charge in [0.05, 0.1) is 6.33 Å². The van der Waals surface area contributed by atoms with Gasteiger partial charge in [0.1, 0.15) is 11.1 Å². The molecule has 2 aromatic heterocycles. The number of carbonyl (C=O) groups is 1. The lowest BCUT2D eigenvalue weighted by Crippen LogP contribution is -2.28. The quantitative estimate of drug-likeness (QED) is 0.718. The summed E-state index contributed by atoms with van der Waals surface area (Å²) < 4.78 is 0. The minimum absolute atomic E-state index is 0.177. The van der Waals surface area contributed by atoms with Crippen LogP contribution in [0.15, 0.2) is 11.1 Å². The van der Waals surface area contributed by atoms with Gasteiger partial charge in [0.25, 0.3) is 11.5 Å². The average Bonchev–Trinajstić information content (AvgIpc) is 2.98. The van der Waals surface area contributed by atoms with Crippen molar-refractivity contribution in [1.82, 2.24) is 25.1 Å². The first-order valence-electron chi connectivity index (χ1n) is 5.48. The van der Waals surface area contributed by atoms with Crippen LogP contribution in [0.3, 0.4) is 0 Å². The lowest BCUT2D eigenvalue weighted by atomic mass is 10.2. The number of aromatic nitrogens is 4. The summed E-state index contributed by atoms with van der Waals surface area (Å²) in [6.07, 6.45) is 3.29. The molecule has 1 aliphatic heterocycles. The molecule has 17 heavy (non-hydrogen) atoms. The van der Waals surface area contributed by atoms with Crippen molar-refractivity contribution < 1.29 is 4.79 Å². The van der Waals surface area contributed by atoms with E-state index in [-0.39, 0.29) is 28.2 Å². The lowest BCUT2D eigenvalue weighted by molar-refractivity contribution is 0.0789. The van der Waals surface area contributed by atoms with Gasteiger partial charge in [0.15, 0.2) is 5.65 Å². The number of fused-ring (bicyclic) bond motifs is 1. The Hall–Kier alpha value is -2.18. The van der Waals surface area contributed by atoms with E-state index in [1.54, 1.807) is 4.90 Å². The van der Waals surface area contributed by atoms with E-state index >= 15 is 0 Å². The number of H-pyrrole nitrogens is 2. The first-order chi connectivity index (χ1) is 8.27. The van der Waals surface area contributed by atoms with Gasteiger partial charge in [-0.15, -0.1) is 0 Å². The smallest absolute Gasteiger partial charge is 0.272 e. The molecule has 0 bridgehead atoms. The summed E-state index contributed by atoms with van der Waals surface area (Å²) in [4.78, 5) is 31.9. The molecule has 0 atom stereocenters. The van der Waals surface area contributed by atoms with Crippen molar-refractivity contribution in [2.45, 2.75) is 12.8 Å². The van der Waals surface area contributed by atoms with Crippen molar-refractivity contribution in [3.05, 3.63) is 22.4 Å². The number of likely N-dealkylation sites (tertiary alicyclic amines) is 1. The van der Waals surface area contributed by atoms with E-state index in [0.29, 0.717) is 0 Å². The standard InChI is InChI=1S/C10H11N5O2/c16-9-6-7(10(17)15-3-1-2-4-15)13-14-8(6)11-5-12-9/h5H,1-4H2,(H2,11,12,13,14,16). The van der Waals surface area contributed by atoms with Gasteiger partial charge in [-0.3, -0.25) is 14.7 Å². The first kappa shape index (κ1) is 10.0. The maximum atomic E-state index is 12.1. The van der Waals surface area contributed by atoms with Gasteiger partial charge in [-0.25, -0.2) is 4.98 Å². The van der Waals surface area contributed by atoms with E-state index in [9.17, 15) is 9.59 Å². The molecular formula is C10H11N5O2. The van der Waals surface area contributed by atoms with Crippen molar-refractivity contribution in [1.29, 1.82) is 0 Å². The van der Waals surface area contributed by atoms with E-state index in [2.05, 4.69) is 20.2 Å². The van der Waals surface area contributed by atoms with Crippen molar-refractivity contribution >= 4 is 16.9 Å². The van der Waals surface area contributed by atoms with Crippen LogP contribution in [-0.4, -0.2) is 44.1 Å². The fourth-order valence-corrected chi connectivity index (χ4v) is 2.10. The third kappa shape index (κ3) is 1.50. The Morgan fingerprint density at radius 3 is 2.88 bits per heavy atom. The molecule has 0 radical (unpaired) electrons. The van der Waals surface area contributed by atoms with Crippen LogP contribution >= 0.6 is 0 Å². The SMILES string of the molecule is O=C(c1[nH]nc2nc[nH]c(=O)c12)N1CCCC1. The fraction of sp³-hybridized carbons (Fsp3) is 0.400. The van der Waals surface area contributed by atoms with Crippen LogP contribution in [0.1, 0.15) is 23.3 Å². The number of amides is 1. The van der Waals surface area contributed by atoms with Crippen LogP contribution in [0.2, 0.25) is 0 Å². The van der Waals surface area contributed by atoms with Crippen molar-refractivity contribution in [3.8, 4) is 0 Å². The molecule has 2 aromatic rings. The molecule has 0 aromatic carbocycles. The Balaban J connectivity index is 2.11. The number of aromatic amines is 2. The van der Waals surface area contributed by atoms with Gasteiger partial charge in [-0.2, -0.15) is 5.10 Å². The van der Waals surface area contributed by atoms with Gasteiger partial charge < -0.3 is 9.88 Å². The fourth-order valence-electron chi connectivity index (χ4n) is 2.10. The highest BCUT2D eigenvalue weighted by Crippen LogP contribution is 2.15. The molecule has 7 nitrogen and oxygen atoms in total. The molecule has 1 saturated heterocycles. The Morgan fingerprint density at radius 1 is 1.35 bits per heavy atom. The third-order valence-corrected chi connectivity index (χ3v) is 2.96. The molecule has 0 spiro atoms. The Kier molecular flexibility index (Phi) is 2.17. The molecule has 0 aliphatic carbocycles. The molecule has 3 heterocycles. The van der Waals surface area contributed by atoms with Crippen LogP contribution in [0.5, 0.6) is 0 Å². The third-order valence-electron chi connectivity index (χ3n) is 2.96. The summed E-state index contributed by atoms with van der Waals surface area (Å²) in [5.74, 6) is -0.177. The summed E-state index contributed by atoms with van der Waals surface area (Å²) in [5, 5.41) is 6.72. The van der Waals surface area contributed by atoms with Crippen LogP contribution in [0.4, 0.5) is 0 Å². The minimum atomic E-state index is -0.341. The molecule has 88 valence electrons. The van der Waals surface area contributed by atoms with E-state index in [0.717, 1.165) is 25.9 Å². The van der Waals surface area contributed by atoms with E-state index in [4.69, 9.17) is 0 Å². The number of rotatable bonds is 1. The summed E-state index contributed by atoms with van der Waals surface area (Å²) >= 11 is 0. The molecular weight excluding hydrogens is 222 g/mol. The highest BCUT2D eigenvalue weighted by molar-refractivity contribution is 6.03. The molecule has 1 aliphatic rings. The van der Waals surface area contributed by atoms with Crippen LogP contribution in [-0.2, 0) is 0 Å². The zero-order valence-corrected chi connectivity index (χ0v) is 9.06. The average molecular weight is 233 g/mol. The van der Waals surface area contributed by atoms with Gasteiger partial charge in [0.2, 0.25) is 0 Å². The summed E-state index contributed by atoms with van der Waals surface area (Å²) in [7, 11) is 0. The minimum Gasteiger partial charge on any atom is -0.337 e. The zero-order valence-electron chi connectivity index (χ0n) is 9.06. The molecule has 0 saturated carbocycles. The maximum absolute atomic E-state index is 12.1. The van der Waals surface area contributed by atoms with Crippen LogP contribution in [0.25, 0.3) is 11.0 Å². The highest BCUT2D eigenvalue weighted by atomic mass is 16.2. The molecule has 1 amide bonds. The lowest BCUT2D eigenvalue weighted by Gasteiger charge is -2.13. The van der Waals surface area contributed by atoms with Gasteiger partial charge in [-0.05, 0) is 12.8 Å². The summed E-state index contributed by atoms with van der Waals surface area (Å²) in [6, 6.07) is 0. The van der Waals surface area contributed by atoms with Gasteiger partial charge in [0, 0.05) is 13.1 Å². The van der Waals surface area contributed by atoms with Crippen molar-refractivity contribution in [3.63, 3.8) is 0 Å². The molecule has 1 fully saturated rings. The Bertz CT molecular complexity index is 623. The van der Waals surface area contributed by atoms with E-state index in [1.165, 1.54) is 6.33 Å².